The zero-order valence-electron chi connectivity index (χ0n) is 11.9. The number of amides is 1. The van der Waals surface area contributed by atoms with Crippen LogP contribution in [0.25, 0.3) is 0 Å². The molecule has 22 heavy (non-hydrogen) atoms. The number of nitrogens with one attached hydrogen (secondary N) is 1. The summed E-state index contributed by atoms with van der Waals surface area (Å²) in [7, 11) is 0. The first kappa shape index (κ1) is 15.6. The number of carbonyl (C=O) groups is 1. The van der Waals surface area contributed by atoms with E-state index in [9.17, 15) is 14.7 Å². The number of carbonyl (C=O) groups excluding carboxylic acids is 2. The molecule has 1 unspecified atom stereocenters. The highest BCUT2D eigenvalue weighted by Crippen LogP contribution is 2.11. The van der Waals surface area contributed by atoms with Gasteiger partial charge in [0.1, 0.15) is 18.4 Å². The zero-order chi connectivity index (χ0) is 15.8. The number of hydrogen-bond acceptors (Lipinski definition) is 4. The van der Waals surface area contributed by atoms with Crippen molar-refractivity contribution >= 4 is 12.4 Å². The zero-order valence-corrected chi connectivity index (χ0v) is 11.9. The Morgan fingerprint density at radius 1 is 1.09 bits per heavy atom. The van der Waals surface area contributed by atoms with Crippen LogP contribution in [0, 0.1) is 0 Å². The van der Waals surface area contributed by atoms with Crippen molar-refractivity contribution < 1.29 is 19.4 Å². The highest BCUT2D eigenvalue weighted by molar-refractivity contribution is 5.73. The molecule has 0 heterocycles. The number of phenolic OH excluding ortho intramolecular Hbond substituents is 1. The lowest BCUT2D eigenvalue weighted by atomic mass is 10.1. The largest absolute Gasteiger partial charge is 0.508 e. The van der Waals surface area contributed by atoms with Crippen LogP contribution in [0.5, 0.6) is 5.75 Å². The van der Waals surface area contributed by atoms with E-state index in [-0.39, 0.29) is 18.8 Å². The fraction of sp³-hybridized carbons (Fsp3) is 0.176. The monoisotopic (exact) mass is 298 g/mol. The molecule has 0 spiro atoms. The Kier molecular flexibility index (Phi) is 5.54. The molecule has 1 amide bonds. The smallest absolute Gasteiger partial charge is 0.408 e. The van der Waals surface area contributed by atoms with Crippen molar-refractivity contribution in [3.8, 4) is 5.75 Å². The SMILES string of the molecule is O=[C]C(Cc1ccc(O)cc1)NC(=O)OCc1ccccc1. The molecule has 0 aromatic heterocycles. The van der Waals surface area contributed by atoms with Gasteiger partial charge in [-0.05, 0) is 23.3 Å². The van der Waals surface area contributed by atoms with Gasteiger partial charge in [-0.25, -0.2) is 4.79 Å². The molecule has 1 radical (unpaired) electrons. The molecule has 2 aromatic rings. The van der Waals surface area contributed by atoms with Gasteiger partial charge in [0.25, 0.3) is 0 Å². The molecule has 113 valence electrons. The molecule has 0 saturated heterocycles. The molecular weight excluding hydrogens is 282 g/mol. The van der Waals surface area contributed by atoms with Crippen molar-refractivity contribution in [2.75, 3.05) is 0 Å². The second-order valence-electron chi connectivity index (χ2n) is 4.75. The van der Waals surface area contributed by atoms with E-state index in [0.717, 1.165) is 11.1 Å². The minimum Gasteiger partial charge on any atom is -0.508 e. The molecule has 5 heteroatoms. The Morgan fingerprint density at radius 2 is 1.77 bits per heavy atom. The molecule has 0 aliphatic rings. The lowest BCUT2D eigenvalue weighted by molar-refractivity contribution is 0.138. The molecule has 1 atom stereocenters. The average molecular weight is 298 g/mol. The van der Waals surface area contributed by atoms with Crippen LogP contribution in [0.1, 0.15) is 11.1 Å². The van der Waals surface area contributed by atoms with Gasteiger partial charge in [-0.2, -0.15) is 0 Å². The molecule has 5 nitrogen and oxygen atoms in total. The summed E-state index contributed by atoms with van der Waals surface area (Å²) < 4.78 is 5.05. The second kappa shape index (κ2) is 7.83. The average Bonchev–Trinajstić information content (AvgIpc) is 2.55. The fourth-order valence-electron chi connectivity index (χ4n) is 1.90. The van der Waals surface area contributed by atoms with Gasteiger partial charge in [0.05, 0.1) is 0 Å². The molecule has 0 aliphatic carbocycles. The lowest BCUT2D eigenvalue weighted by Crippen LogP contribution is -2.37. The lowest BCUT2D eigenvalue weighted by Gasteiger charge is -2.12. The summed E-state index contributed by atoms with van der Waals surface area (Å²) in [6, 6.07) is 14.8. The molecule has 2 aromatic carbocycles. The minimum atomic E-state index is -0.798. The van der Waals surface area contributed by atoms with Gasteiger partial charge in [0.2, 0.25) is 6.29 Å². The number of ether oxygens (including phenoxy) is 1. The Bertz CT molecular complexity index is 610. The number of benzene rings is 2. The molecule has 2 rings (SSSR count). The molecule has 2 N–H and O–H groups in total. The summed E-state index contributed by atoms with van der Waals surface area (Å²) in [5.74, 6) is 0.144. The van der Waals surface area contributed by atoms with Gasteiger partial charge in [-0.1, -0.05) is 42.5 Å². The maximum atomic E-state index is 11.7. The van der Waals surface area contributed by atoms with E-state index >= 15 is 0 Å². The van der Waals surface area contributed by atoms with Gasteiger partial charge in [-0.3, -0.25) is 4.79 Å². The number of phenols is 1. The van der Waals surface area contributed by atoms with Crippen LogP contribution in [0.3, 0.4) is 0 Å². The Labute approximate surface area is 128 Å². The first-order valence-electron chi connectivity index (χ1n) is 6.80. The maximum Gasteiger partial charge on any atom is 0.408 e. The predicted octanol–water partition coefficient (Wildman–Crippen LogP) is 2.34. The molecule has 0 bridgehead atoms. The molecule has 0 saturated carbocycles. The van der Waals surface area contributed by atoms with E-state index in [4.69, 9.17) is 4.74 Å². The summed E-state index contributed by atoms with van der Waals surface area (Å²) >= 11 is 0. The van der Waals surface area contributed by atoms with Gasteiger partial charge in [0.15, 0.2) is 0 Å². The third-order valence-corrected chi connectivity index (χ3v) is 3.02. The predicted molar refractivity (Wildman–Crippen MR) is 81.1 cm³/mol. The highest BCUT2D eigenvalue weighted by atomic mass is 16.5. The van der Waals surface area contributed by atoms with E-state index in [0.29, 0.717) is 0 Å². The summed E-state index contributed by atoms with van der Waals surface area (Å²) in [5, 5.41) is 11.7. The van der Waals surface area contributed by atoms with Crippen molar-refractivity contribution in [2.24, 2.45) is 0 Å². The van der Waals surface area contributed by atoms with Gasteiger partial charge in [0, 0.05) is 6.42 Å². The van der Waals surface area contributed by atoms with Crippen LogP contribution in [-0.4, -0.2) is 23.5 Å². The van der Waals surface area contributed by atoms with Crippen LogP contribution in [0.2, 0.25) is 0 Å². The summed E-state index contributed by atoms with van der Waals surface area (Å²) in [4.78, 5) is 22.6. The molecular formula is C17H16NO4. The number of rotatable bonds is 6. The normalized spacial score (nSPS) is 11.5. The summed E-state index contributed by atoms with van der Waals surface area (Å²) in [5.41, 5.74) is 1.66. The Hall–Kier alpha value is -2.82. The topological polar surface area (TPSA) is 75.6 Å². The first-order valence-corrected chi connectivity index (χ1v) is 6.80. The number of alkyl carbamates (subject to hydrolysis) is 1. The van der Waals surface area contributed by atoms with Gasteiger partial charge < -0.3 is 15.2 Å². The maximum absolute atomic E-state index is 11.7. The Balaban J connectivity index is 1.83. The van der Waals surface area contributed by atoms with E-state index < -0.39 is 12.1 Å². The minimum absolute atomic E-state index is 0.136. The van der Waals surface area contributed by atoms with E-state index in [1.54, 1.807) is 18.4 Å². The van der Waals surface area contributed by atoms with Crippen LogP contribution in [-0.2, 0) is 22.6 Å². The van der Waals surface area contributed by atoms with E-state index in [1.807, 2.05) is 30.3 Å². The van der Waals surface area contributed by atoms with E-state index in [2.05, 4.69) is 5.32 Å². The fourth-order valence-corrected chi connectivity index (χ4v) is 1.90. The van der Waals surface area contributed by atoms with Gasteiger partial charge >= 0.3 is 6.09 Å². The van der Waals surface area contributed by atoms with Crippen molar-refractivity contribution in [1.29, 1.82) is 0 Å². The quantitative estimate of drug-likeness (QED) is 0.858. The van der Waals surface area contributed by atoms with Gasteiger partial charge in [-0.15, -0.1) is 0 Å². The molecule has 0 aliphatic heterocycles. The van der Waals surface area contributed by atoms with Crippen molar-refractivity contribution in [3.05, 3.63) is 65.7 Å². The van der Waals surface area contributed by atoms with Crippen molar-refractivity contribution in [3.63, 3.8) is 0 Å². The highest BCUT2D eigenvalue weighted by Gasteiger charge is 2.14. The van der Waals surface area contributed by atoms with Crippen molar-refractivity contribution in [1.82, 2.24) is 5.32 Å². The molecule has 0 fully saturated rings. The summed E-state index contributed by atoms with van der Waals surface area (Å²) in [6.07, 6.45) is 1.38. The Morgan fingerprint density at radius 3 is 2.41 bits per heavy atom. The second-order valence-corrected chi connectivity index (χ2v) is 4.75. The van der Waals surface area contributed by atoms with E-state index in [1.165, 1.54) is 12.1 Å². The first-order chi connectivity index (χ1) is 10.7. The van der Waals surface area contributed by atoms with Crippen LogP contribution in [0.15, 0.2) is 54.6 Å². The number of hydrogen-bond donors (Lipinski definition) is 2. The van der Waals surface area contributed by atoms with Crippen LogP contribution < -0.4 is 5.32 Å². The third kappa shape index (κ3) is 4.94. The van der Waals surface area contributed by atoms with Crippen LogP contribution in [0.4, 0.5) is 4.79 Å². The number of aromatic hydroxyl groups is 1. The third-order valence-electron chi connectivity index (χ3n) is 3.02. The summed E-state index contributed by atoms with van der Waals surface area (Å²) in [6.45, 7) is 0.136. The standard InChI is InChI=1S/C17H16NO4/c19-11-15(10-13-6-8-16(20)9-7-13)18-17(21)22-12-14-4-2-1-3-5-14/h1-9,15,20H,10,12H2,(H,18,21). The van der Waals surface area contributed by atoms with Crippen LogP contribution >= 0.6 is 0 Å². The van der Waals surface area contributed by atoms with Crippen molar-refractivity contribution in [2.45, 2.75) is 19.1 Å².